The van der Waals surface area contributed by atoms with E-state index < -0.39 is 152 Å². The lowest BCUT2D eigenvalue weighted by Crippen LogP contribution is -2.58. The molecule has 24 nitrogen and oxygen atoms in total. The zero-order chi connectivity index (χ0) is 50.7. The van der Waals surface area contributed by atoms with Crippen LogP contribution in [0.1, 0.15) is 77.3 Å². The second-order valence-electron chi connectivity index (χ2n) is 17.4. The van der Waals surface area contributed by atoms with E-state index in [1.807, 2.05) is 0 Å². The summed E-state index contributed by atoms with van der Waals surface area (Å²) in [5.41, 5.74) is 18.0. The number of Topliss-reactive ketones (excluding diaryl/α,β-unsaturated/α-hetero) is 1. The maximum Gasteiger partial charge on any atom is 0.247 e. The van der Waals surface area contributed by atoms with Crippen molar-refractivity contribution < 1.29 is 63.2 Å². The number of fused-ring (bicyclic) bond motifs is 4. The monoisotopic (exact) mass is 985 g/mol. The number of primary amides is 1. The van der Waals surface area contributed by atoms with E-state index in [1.54, 1.807) is 13.8 Å². The van der Waals surface area contributed by atoms with Crippen molar-refractivity contribution in [1.29, 1.82) is 0 Å². The molecule has 0 saturated heterocycles. The van der Waals surface area contributed by atoms with Crippen molar-refractivity contribution in [2.45, 2.75) is 119 Å². The van der Waals surface area contributed by atoms with Gasteiger partial charge in [-0.2, -0.15) is 0 Å². The van der Waals surface area contributed by atoms with Gasteiger partial charge in [0.2, 0.25) is 53.0 Å². The number of benzene rings is 1. The Hall–Kier alpha value is -6.12. The number of carbonyl (C=O) groups is 9. The summed E-state index contributed by atoms with van der Waals surface area (Å²) < 4.78 is 6.36. The minimum atomic E-state index is -1.77. The maximum absolute atomic E-state index is 15.0. The van der Waals surface area contributed by atoms with E-state index in [0.717, 1.165) is 11.8 Å². The molecule has 1 aromatic carbocycles. The molecule has 0 radical (unpaired) electrons. The summed E-state index contributed by atoms with van der Waals surface area (Å²) >= 11 is 0.874. The molecule has 0 spiro atoms. The first kappa shape index (κ1) is 53.8. The van der Waals surface area contributed by atoms with Gasteiger partial charge in [0.05, 0.1) is 54.9 Å². The molecule has 0 fully saturated rings. The molecular weight excluding hydrogens is 923 g/mol. The number of nitrogens with two attached hydrogens (primary N) is 3. The summed E-state index contributed by atoms with van der Waals surface area (Å²) in [6.45, 7) is 2.83. The van der Waals surface area contributed by atoms with Crippen LogP contribution in [0.5, 0.6) is 5.75 Å². The summed E-state index contributed by atoms with van der Waals surface area (Å²) in [6.07, 6.45) is -3.07. The van der Waals surface area contributed by atoms with E-state index in [0.29, 0.717) is 32.2 Å². The highest BCUT2D eigenvalue weighted by molar-refractivity contribution is 7.99. The molecule has 69 heavy (non-hydrogen) atoms. The first-order chi connectivity index (χ1) is 32.8. The van der Waals surface area contributed by atoms with E-state index in [2.05, 4.69) is 42.2 Å². The minimum absolute atomic E-state index is 0.0273. The van der Waals surface area contributed by atoms with Gasteiger partial charge in [-0.05, 0) is 43.9 Å². The van der Waals surface area contributed by atoms with Gasteiger partial charge in [0, 0.05) is 40.7 Å². The second-order valence-corrected chi connectivity index (χ2v) is 18.4. The number of ether oxygens (including phenoxy) is 1. The van der Waals surface area contributed by atoms with E-state index in [9.17, 15) is 58.5 Å². The molecule has 4 heterocycles. The normalized spacial score (nSPS) is 27.2. The van der Waals surface area contributed by atoms with Crippen LogP contribution in [0.3, 0.4) is 0 Å². The number of rotatable bonds is 12. The van der Waals surface area contributed by atoms with Crippen LogP contribution in [0.15, 0.2) is 34.6 Å². The number of aromatic amines is 1. The number of unbranched alkanes of at least 4 members (excludes halogenated alkanes) is 2. The number of aliphatic hydroxyl groups excluding tert-OH is 3. The molecular formula is C44H63N11O13S. The third kappa shape index (κ3) is 13.6. The number of aromatic nitrogens is 1. The smallest absolute Gasteiger partial charge is 0.247 e. The number of amides is 8. The van der Waals surface area contributed by atoms with Crippen LogP contribution in [0.25, 0.3) is 10.9 Å². The number of thioether (sulfide) groups is 1. The first-order valence-corrected chi connectivity index (χ1v) is 23.8. The van der Waals surface area contributed by atoms with E-state index >= 15 is 0 Å². The Morgan fingerprint density at radius 3 is 2.23 bits per heavy atom. The second kappa shape index (κ2) is 24.4. The van der Waals surface area contributed by atoms with Crippen LogP contribution in [-0.2, 0) is 43.2 Å². The SMILES string of the molecule is CCC(C)C1NC(=O)CNC(=O)C2NC(=O)C([C@@H](C)C(O)CO)NC(=O)C(N)C[C@@H](O)/C(CCCCCN)=C3/Oc4ccc5c2c([nH]c5c4)SC[C@H](NC(=O)CNC1=O)C(=O)NC(CC(N)=O)C3=O. The topological polar surface area (TPSA) is 402 Å². The predicted octanol–water partition coefficient (Wildman–Crippen LogP) is -3.66. The fourth-order valence-corrected chi connectivity index (χ4v) is 9.22. The maximum atomic E-state index is 15.0. The van der Waals surface area contributed by atoms with Gasteiger partial charge in [-0.1, -0.05) is 33.6 Å². The molecule has 3 aliphatic rings. The van der Waals surface area contributed by atoms with Gasteiger partial charge in [0.15, 0.2) is 5.76 Å². The van der Waals surface area contributed by atoms with Crippen molar-refractivity contribution in [2.24, 2.45) is 29.0 Å². The molecule has 17 N–H and O–H groups in total. The number of hydrogen-bond donors (Lipinski definition) is 14. The average molecular weight is 986 g/mol. The third-order valence-corrected chi connectivity index (χ3v) is 13.5. The highest BCUT2D eigenvalue weighted by atomic mass is 32.2. The lowest BCUT2D eigenvalue weighted by atomic mass is 9.91. The zero-order valence-corrected chi connectivity index (χ0v) is 39.4. The van der Waals surface area contributed by atoms with Gasteiger partial charge in [0.25, 0.3) is 0 Å². The van der Waals surface area contributed by atoms with Crippen LogP contribution in [-0.4, -0.2) is 148 Å². The Morgan fingerprint density at radius 2 is 1.57 bits per heavy atom. The Balaban J connectivity index is 1.85. The minimum Gasteiger partial charge on any atom is -0.453 e. The summed E-state index contributed by atoms with van der Waals surface area (Å²) in [5.74, 6) is -11.3. The van der Waals surface area contributed by atoms with Crippen LogP contribution in [0.2, 0.25) is 0 Å². The molecule has 10 atom stereocenters. The van der Waals surface area contributed by atoms with Crippen molar-refractivity contribution in [3.63, 3.8) is 0 Å². The molecule has 378 valence electrons. The van der Waals surface area contributed by atoms with Gasteiger partial charge >= 0.3 is 0 Å². The number of H-pyrrole nitrogens is 1. The molecule has 7 unspecified atom stereocenters. The van der Waals surface area contributed by atoms with E-state index in [-0.39, 0.29) is 45.0 Å². The highest BCUT2D eigenvalue weighted by Gasteiger charge is 2.40. The summed E-state index contributed by atoms with van der Waals surface area (Å²) in [4.78, 5) is 129. The first-order valence-electron chi connectivity index (χ1n) is 22.8. The molecule has 3 aliphatic heterocycles. The van der Waals surface area contributed by atoms with Crippen molar-refractivity contribution in [3.05, 3.63) is 35.1 Å². The van der Waals surface area contributed by atoms with Crippen molar-refractivity contribution in [1.82, 2.24) is 42.2 Å². The fraction of sp³-hybridized carbons (Fsp3) is 0.568. The summed E-state index contributed by atoms with van der Waals surface area (Å²) in [5, 5.41) is 50.9. The lowest BCUT2D eigenvalue weighted by molar-refractivity contribution is -0.135. The number of carbonyl (C=O) groups excluding carboxylic acids is 9. The molecule has 5 rings (SSSR count). The van der Waals surface area contributed by atoms with Gasteiger partial charge in [0.1, 0.15) is 36.0 Å². The van der Waals surface area contributed by atoms with E-state index in [4.69, 9.17) is 21.9 Å². The summed E-state index contributed by atoms with van der Waals surface area (Å²) in [6, 6.07) is -5.32. The Kier molecular flexibility index (Phi) is 19.1. The van der Waals surface area contributed by atoms with Crippen molar-refractivity contribution in [2.75, 3.05) is 32.0 Å². The largest absolute Gasteiger partial charge is 0.453 e. The number of nitrogens with one attached hydrogen (secondary N) is 8. The van der Waals surface area contributed by atoms with Gasteiger partial charge in [-0.3, -0.25) is 43.2 Å². The molecule has 25 heteroatoms. The molecule has 0 saturated carbocycles. The number of hydrogen-bond acceptors (Lipinski definition) is 16. The van der Waals surface area contributed by atoms with Crippen LogP contribution < -0.4 is 59.2 Å². The van der Waals surface area contributed by atoms with Gasteiger partial charge < -0.3 is 79.5 Å². The van der Waals surface area contributed by atoms with Gasteiger partial charge in [-0.15, -0.1) is 11.8 Å². The molecule has 0 aliphatic carbocycles. The predicted molar refractivity (Wildman–Crippen MR) is 248 cm³/mol. The molecule has 8 amide bonds. The fourth-order valence-electron chi connectivity index (χ4n) is 8.08. The number of ketones is 1. The lowest BCUT2D eigenvalue weighted by Gasteiger charge is -2.30. The van der Waals surface area contributed by atoms with E-state index in [1.165, 1.54) is 25.1 Å². The quantitative estimate of drug-likeness (QED) is 0.0912. The third-order valence-electron chi connectivity index (χ3n) is 12.4. The average Bonchev–Trinajstić information content (AvgIpc) is 3.67. The Bertz CT molecular complexity index is 2320. The Morgan fingerprint density at radius 1 is 0.870 bits per heavy atom. The number of aliphatic hydroxyl groups is 3. The van der Waals surface area contributed by atoms with Gasteiger partial charge in [-0.25, -0.2) is 0 Å². The zero-order valence-electron chi connectivity index (χ0n) is 38.6. The van der Waals surface area contributed by atoms with Crippen LogP contribution in [0.4, 0.5) is 0 Å². The highest BCUT2D eigenvalue weighted by Crippen LogP contribution is 2.38. The van der Waals surface area contributed by atoms with Crippen molar-refractivity contribution in [3.8, 4) is 5.75 Å². The van der Waals surface area contributed by atoms with Crippen LogP contribution in [0, 0.1) is 11.8 Å². The van der Waals surface area contributed by atoms with Crippen molar-refractivity contribution >= 4 is 75.7 Å². The molecule has 6 bridgehead atoms. The standard InChI is InChI=1S/C44H63N11O13S/c1-4-19(2)34-41(65)48-15-31(60)50-27-18-69-44-33-22-10-9-21(12-25(22)52-44)68-38(37(62)26(14-30(47)59)51-40(27)64)23(8-6-5-7-11-45)28(57)13-24(46)39(63)54-35(20(3)29(58)17-56)43(67)55-36(33)42(66)49-16-32(61)53-34/h9-10,12,19-20,24,26-29,34-36,52,56-58H,4-8,11,13-18,45-46H2,1-3H3,(H2,47,59)(H,48,65)(H,49,66)(H,50,60)(H,51,64)(H,53,61)(H,54,63)(H,55,67)/b38-23+/t19?,20-,24?,26?,27-,28+,29?,34?,35?,36?/m0/s1. The van der Waals surface area contributed by atoms with Crippen LogP contribution >= 0.6 is 11.8 Å². The molecule has 2 aromatic rings. The molecule has 1 aromatic heterocycles. The summed E-state index contributed by atoms with van der Waals surface area (Å²) in [7, 11) is 0. The Labute approximate surface area is 401 Å².